The Kier molecular flexibility index (Phi) is 5.03. The summed E-state index contributed by atoms with van der Waals surface area (Å²) in [6, 6.07) is 0. The molecular formula is C20H30O4. The van der Waals surface area contributed by atoms with Crippen LogP contribution in [0.25, 0.3) is 0 Å². The number of hydrogen-bond donors (Lipinski definition) is 0. The van der Waals surface area contributed by atoms with Gasteiger partial charge >= 0.3 is 11.9 Å². The van der Waals surface area contributed by atoms with Gasteiger partial charge in [0.05, 0.1) is 11.8 Å². The molecule has 0 aromatic carbocycles. The van der Waals surface area contributed by atoms with Crippen molar-refractivity contribution in [2.75, 3.05) is 0 Å². The van der Waals surface area contributed by atoms with Crippen LogP contribution in [0.15, 0.2) is 12.2 Å². The molecule has 4 unspecified atom stereocenters. The van der Waals surface area contributed by atoms with Crippen molar-refractivity contribution in [3.05, 3.63) is 12.2 Å². The lowest BCUT2D eigenvalue weighted by molar-refractivity contribution is -0.177. The van der Waals surface area contributed by atoms with Crippen LogP contribution < -0.4 is 0 Å². The highest BCUT2D eigenvalue weighted by atomic mass is 16.6. The minimum Gasteiger partial charge on any atom is -0.462 e. The standard InChI is InChI=1S/C20H30O4/c1-20(2,3)24-19(22)17-14-11-9-13(10-12-14)16(17)18(21)23-15-7-5-4-6-8-15/h9,11,13-17H,4-8,10,12H2,1-3H3. The van der Waals surface area contributed by atoms with Crippen molar-refractivity contribution in [3.63, 3.8) is 0 Å². The number of esters is 2. The molecule has 0 aliphatic heterocycles. The maximum absolute atomic E-state index is 12.9. The molecule has 2 saturated carbocycles. The van der Waals surface area contributed by atoms with Crippen LogP contribution in [0.2, 0.25) is 0 Å². The molecule has 4 aliphatic carbocycles. The van der Waals surface area contributed by atoms with Gasteiger partial charge in [0.1, 0.15) is 11.7 Å². The minimum absolute atomic E-state index is 0.0370. The molecule has 0 spiro atoms. The normalized spacial score (nSPS) is 33.3. The van der Waals surface area contributed by atoms with E-state index in [9.17, 15) is 9.59 Å². The molecule has 0 saturated heterocycles. The molecule has 0 radical (unpaired) electrons. The van der Waals surface area contributed by atoms with Crippen LogP contribution in [0.5, 0.6) is 0 Å². The fourth-order valence-corrected chi connectivity index (χ4v) is 4.43. The van der Waals surface area contributed by atoms with Gasteiger partial charge in [-0.25, -0.2) is 0 Å². The molecule has 0 aromatic heterocycles. The number of fused-ring (bicyclic) bond motifs is 2. The highest BCUT2D eigenvalue weighted by molar-refractivity contribution is 5.84. The summed E-state index contributed by atoms with van der Waals surface area (Å²) in [5.41, 5.74) is -0.532. The van der Waals surface area contributed by atoms with E-state index >= 15 is 0 Å². The van der Waals surface area contributed by atoms with Crippen molar-refractivity contribution >= 4 is 11.9 Å². The summed E-state index contributed by atoms with van der Waals surface area (Å²) >= 11 is 0. The van der Waals surface area contributed by atoms with E-state index < -0.39 is 5.60 Å². The molecule has 4 atom stereocenters. The van der Waals surface area contributed by atoms with E-state index in [1.54, 1.807) is 0 Å². The molecule has 0 aromatic rings. The van der Waals surface area contributed by atoms with E-state index in [0.717, 1.165) is 38.5 Å². The molecule has 4 heteroatoms. The lowest BCUT2D eigenvalue weighted by atomic mass is 9.62. The molecule has 0 heterocycles. The van der Waals surface area contributed by atoms with E-state index in [1.807, 2.05) is 20.8 Å². The summed E-state index contributed by atoms with van der Waals surface area (Å²) in [5, 5.41) is 0. The zero-order valence-corrected chi connectivity index (χ0v) is 15.1. The van der Waals surface area contributed by atoms with Crippen LogP contribution in [0, 0.1) is 23.7 Å². The Morgan fingerprint density at radius 1 is 0.833 bits per heavy atom. The van der Waals surface area contributed by atoms with Gasteiger partial charge in [0.25, 0.3) is 0 Å². The summed E-state index contributed by atoms with van der Waals surface area (Å²) < 4.78 is 11.4. The number of rotatable bonds is 3. The summed E-state index contributed by atoms with van der Waals surface area (Å²) in [4.78, 5) is 25.6. The van der Waals surface area contributed by atoms with E-state index in [-0.39, 0.29) is 41.7 Å². The van der Waals surface area contributed by atoms with Gasteiger partial charge in [0.2, 0.25) is 0 Å². The highest BCUT2D eigenvalue weighted by Crippen LogP contribution is 2.46. The SMILES string of the molecule is CC(C)(C)OC(=O)C1C2C=CC(CC2)C1C(=O)OC1CCCCC1. The van der Waals surface area contributed by atoms with Crippen molar-refractivity contribution < 1.29 is 19.1 Å². The molecule has 4 rings (SSSR count). The summed E-state index contributed by atoms with van der Waals surface area (Å²) in [6.45, 7) is 5.62. The van der Waals surface area contributed by atoms with Crippen LogP contribution in [-0.4, -0.2) is 23.6 Å². The third kappa shape index (κ3) is 3.84. The van der Waals surface area contributed by atoms with Crippen LogP contribution >= 0.6 is 0 Å². The van der Waals surface area contributed by atoms with Crippen molar-refractivity contribution in [1.82, 2.24) is 0 Å². The van der Waals surface area contributed by atoms with E-state index in [2.05, 4.69) is 12.2 Å². The Balaban J connectivity index is 1.74. The van der Waals surface area contributed by atoms with Crippen molar-refractivity contribution in [2.24, 2.45) is 23.7 Å². The topological polar surface area (TPSA) is 52.6 Å². The minimum atomic E-state index is -0.532. The predicted molar refractivity (Wildman–Crippen MR) is 91.1 cm³/mol. The maximum atomic E-state index is 12.9. The average molecular weight is 334 g/mol. The first-order chi connectivity index (χ1) is 11.3. The summed E-state index contributed by atoms with van der Waals surface area (Å²) in [7, 11) is 0. The third-order valence-electron chi connectivity index (χ3n) is 5.53. The number of carbonyl (C=O) groups excluding carboxylic acids is 2. The third-order valence-corrected chi connectivity index (χ3v) is 5.53. The van der Waals surface area contributed by atoms with Gasteiger partial charge in [-0.05, 0) is 71.1 Å². The van der Waals surface area contributed by atoms with Gasteiger partial charge in [-0.2, -0.15) is 0 Å². The molecule has 2 fully saturated rings. The lowest BCUT2D eigenvalue weighted by Gasteiger charge is -2.43. The van der Waals surface area contributed by atoms with Gasteiger partial charge < -0.3 is 9.47 Å². The van der Waals surface area contributed by atoms with Gasteiger partial charge in [0, 0.05) is 0 Å². The smallest absolute Gasteiger partial charge is 0.310 e. The first-order valence-corrected chi connectivity index (χ1v) is 9.47. The summed E-state index contributed by atoms with van der Waals surface area (Å²) in [6.07, 6.45) is 11.6. The van der Waals surface area contributed by atoms with Crippen molar-refractivity contribution in [1.29, 1.82) is 0 Å². The molecule has 0 amide bonds. The van der Waals surface area contributed by atoms with Crippen molar-refractivity contribution in [3.8, 4) is 0 Å². The Morgan fingerprint density at radius 2 is 1.38 bits per heavy atom. The Bertz CT molecular complexity index is 510. The van der Waals surface area contributed by atoms with Gasteiger partial charge in [-0.15, -0.1) is 0 Å². The molecule has 24 heavy (non-hydrogen) atoms. The molecule has 4 nitrogen and oxygen atoms in total. The largest absolute Gasteiger partial charge is 0.462 e. The van der Waals surface area contributed by atoms with Gasteiger partial charge in [0.15, 0.2) is 0 Å². The highest BCUT2D eigenvalue weighted by Gasteiger charge is 2.50. The number of hydrogen-bond acceptors (Lipinski definition) is 4. The monoisotopic (exact) mass is 334 g/mol. The number of ether oxygens (including phenoxy) is 2. The van der Waals surface area contributed by atoms with Gasteiger partial charge in [-0.3, -0.25) is 9.59 Å². The fraction of sp³-hybridized carbons (Fsp3) is 0.800. The maximum Gasteiger partial charge on any atom is 0.310 e. The lowest BCUT2D eigenvalue weighted by Crippen LogP contribution is -2.48. The summed E-state index contributed by atoms with van der Waals surface area (Å²) in [5.74, 6) is -0.962. The molecule has 0 N–H and O–H groups in total. The van der Waals surface area contributed by atoms with Crippen LogP contribution in [0.3, 0.4) is 0 Å². The molecular weight excluding hydrogens is 304 g/mol. The zero-order chi connectivity index (χ0) is 17.3. The number of carbonyl (C=O) groups is 2. The Labute approximate surface area is 145 Å². The Hall–Kier alpha value is -1.32. The molecule has 4 aliphatic rings. The average Bonchev–Trinajstić information content (AvgIpc) is 2.54. The van der Waals surface area contributed by atoms with Crippen LogP contribution in [-0.2, 0) is 19.1 Å². The first-order valence-electron chi connectivity index (χ1n) is 9.47. The quantitative estimate of drug-likeness (QED) is 0.577. The first kappa shape index (κ1) is 17.5. The Morgan fingerprint density at radius 3 is 1.88 bits per heavy atom. The van der Waals surface area contributed by atoms with E-state index in [4.69, 9.17) is 9.47 Å². The number of allylic oxidation sites excluding steroid dienone is 2. The van der Waals surface area contributed by atoms with Gasteiger partial charge in [-0.1, -0.05) is 18.6 Å². The van der Waals surface area contributed by atoms with E-state index in [0.29, 0.717) is 0 Å². The predicted octanol–water partition coefficient (Wildman–Crippen LogP) is 4.03. The van der Waals surface area contributed by atoms with Crippen LogP contribution in [0.1, 0.15) is 65.7 Å². The van der Waals surface area contributed by atoms with Crippen molar-refractivity contribution in [2.45, 2.75) is 77.4 Å². The van der Waals surface area contributed by atoms with Crippen LogP contribution in [0.4, 0.5) is 0 Å². The zero-order valence-electron chi connectivity index (χ0n) is 15.1. The molecule has 2 bridgehead atoms. The van der Waals surface area contributed by atoms with E-state index in [1.165, 1.54) is 6.42 Å². The molecule has 134 valence electrons. The second kappa shape index (κ2) is 6.89. The fourth-order valence-electron chi connectivity index (χ4n) is 4.43. The second-order valence-electron chi connectivity index (χ2n) is 8.57. The second-order valence-corrected chi connectivity index (χ2v) is 8.57.